The number of benzene rings is 2. The third-order valence-electron chi connectivity index (χ3n) is 4.30. The highest BCUT2D eigenvalue weighted by atomic mass is 35.5. The van der Waals surface area contributed by atoms with Gasteiger partial charge in [0.05, 0.1) is 35.4 Å². The van der Waals surface area contributed by atoms with Gasteiger partial charge in [-0.3, -0.25) is 9.59 Å². The summed E-state index contributed by atoms with van der Waals surface area (Å²) < 4.78 is 15.7. The number of nitrogens with one attached hydrogen (secondary N) is 1. The maximum absolute atomic E-state index is 12.8. The molecular weight excluding hydrogens is 477 g/mol. The van der Waals surface area contributed by atoms with Gasteiger partial charge in [0.25, 0.3) is 5.91 Å². The quantitative estimate of drug-likeness (QED) is 0.335. The number of thiophene rings is 1. The number of ether oxygens (including phenoxy) is 3. The van der Waals surface area contributed by atoms with Crippen LogP contribution in [0.4, 0.5) is 5.69 Å². The molecule has 3 aromatic rings. The molecule has 2 aromatic carbocycles. The number of Topliss-reactive ketones (excluding diaryl/α,β-unsaturated/α-hetero) is 1. The summed E-state index contributed by atoms with van der Waals surface area (Å²) in [5.74, 6) is -1.21. The largest absolute Gasteiger partial charge is 0.493 e. The Hall–Kier alpha value is -3.07. The highest BCUT2D eigenvalue weighted by Gasteiger charge is 2.22. The number of hydrogen-bond donors (Lipinski definition) is 1. The highest BCUT2D eigenvalue weighted by molar-refractivity contribution is 7.12. The first-order valence-electron chi connectivity index (χ1n) is 9.10. The molecule has 0 atom stereocenters. The fourth-order valence-corrected chi connectivity index (χ4v) is 3.88. The molecule has 1 aromatic heterocycles. The first-order chi connectivity index (χ1) is 15.3. The minimum Gasteiger partial charge on any atom is -0.493 e. The number of anilines is 1. The average molecular weight is 494 g/mol. The second-order valence-electron chi connectivity index (χ2n) is 6.31. The molecule has 10 heteroatoms. The Morgan fingerprint density at radius 2 is 1.69 bits per heavy atom. The zero-order valence-corrected chi connectivity index (χ0v) is 19.3. The van der Waals surface area contributed by atoms with Gasteiger partial charge in [-0.05, 0) is 29.6 Å². The standard InChI is InChI=1S/C22H17Cl2NO6S/c1-29-18-9-14(16(10-19(18)30-2)25-21(27)20-4-3-7-32-20)22(28)31-11-17(26)13-6-5-12(23)8-15(13)24/h3-10H,11H2,1-2H3,(H,25,27). The van der Waals surface area contributed by atoms with Crippen LogP contribution in [0.2, 0.25) is 10.0 Å². The van der Waals surface area contributed by atoms with Crippen molar-refractivity contribution in [1.29, 1.82) is 0 Å². The van der Waals surface area contributed by atoms with Crippen LogP contribution in [0.5, 0.6) is 11.5 Å². The molecule has 0 radical (unpaired) electrons. The van der Waals surface area contributed by atoms with Gasteiger partial charge in [0, 0.05) is 22.7 Å². The van der Waals surface area contributed by atoms with E-state index in [1.54, 1.807) is 17.5 Å². The predicted octanol–water partition coefficient (Wildman–Crippen LogP) is 5.36. The fourth-order valence-electron chi connectivity index (χ4n) is 2.75. The van der Waals surface area contributed by atoms with Crippen LogP contribution in [0.25, 0.3) is 0 Å². The molecular formula is C22H17Cl2NO6S. The van der Waals surface area contributed by atoms with Gasteiger partial charge in [0.15, 0.2) is 18.1 Å². The van der Waals surface area contributed by atoms with Crippen molar-refractivity contribution < 1.29 is 28.6 Å². The number of rotatable bonds is 8. The van der Waals surface area contributed by atoms with E-state index in [2.05, 4.69) is 5.32 Å². The van der Waals surface area contributed by atoms with E-state index >= 15 is 0 Å². The SMILES string of the molecule is COc1cc(NC(=O)c2cccs2)c(C(=O)OCC(=O)c2ccc(Cl)cc2Cl)cc1OC. The Bertz CT molecular complexity index is 1160. The van der Waals surface area contributed by atoms with Gasteiger partial charge in [-0.25, -0.2) is 4.79 Å². The van der Waals surface area contributed by atoms with Crippen LogP contribution in [0.15, 0.2) is 47.8 Å². The third-order valence-corrected chi connectivity index (χ3v) is 5.72. The van der Waals surface area contributed by atoms with Crippen molar-refractivity contribution in [3.05, 3.63) is 73.9 Å². The molecule has 1 amide bonds. The van der Waals surface area contributed by atoms with Gasteiger partial charge < -0.3 is 19.5 Å². The van der Waals surface area contributed by atoms with Gasteiger partial charge in [0.1, 0.15) is 0 Å². The molecule has 0 aliphatic carbocycles. The number of carbonyl (C=O) groups is 3. The summed E-state index contributed by atoms with van der Waals surface area (Å²) in [5, 5.41) is 4.95. The molecule has 0 bridgehead atoms. The van der Waals surface area contributed by atoms with Crippen molar-refractivity contribution in [1.82, 2.24) is 0 Å². The summed E-state index contributed by atoms with van der Waals surface area (Å²) in [6.45, 7) is -0.563. The minimum absolute atomic E-state index is 0.0115. The molecule has 0 aliphatic rings. The second-order valence-corrected chi connectivity index (χ2v) is 8.10. The van der Waals surface area contributed by atoms with Crippen LogP contribution in [-0.4, -0.2) is 38.5 Å². The molecule has 0 saturated heterocycles. The van der Waals surface area contributed by atoms with E-state index in [0.717, 1.165) is 0 Å². The zero-order valence-electron chi connectivity index (χ0n) is 16.9. The van der Waals surface area contributed by atoms with Crippen molar-refractivity contribution >= 4 is 57.9 Å². The molecule has 0 spiro atoms. The fraction of sp³-hybridized carbons (Fsp3) is 0.136. The highest BCUT2D eigenvalue weighted by Crippen LogP contribution is 2.34. The molecule has 7 nitrogen and oxygen atoms in total. The molecule has 0 fully saturated rings. The van der Waals surface area contributed by atoms with Crippen LogP contribution in [0.3, 0.4) is 0 Å². The Morgan fingerprint density at radius 1 is 0.969 bits per heavy atom. The number of halogens is 2. The monoisotopic (exact) mass is 493 g/mol. The maximum atomic E-state index is 12.8. The molecule has 0 aliphatic heterocycles. The normalized spacial score (nSPS) is 10.4. The van der Waals surface area contributed by atoms with Crippen LogP contribution in [0, 0.1) is 0 Å². The van der Waals surface area contributed by atoms with Crippen LogP contribution in [-0.2, 0) is 4.74 Å². The van der Waals surface area contributed by atoms with Gasteiger partial charge >= 0.3 is 5.97 Å². The molecule has 32 heavy (non-hydrogen) atoms. The van der Waals surface area contributed by atoms with E-state index in [-0.39, 0.29) is 27.6 Å². The number of methoxy groups -OCH3 is 2. The number of esters is 1. The molecule has 3 rings (SSSR count). The Balaban J connectivity index is 1.84. The summed E-state index contributed by atoms with van der Waals surface area (Å²) in [4.78, 5) is 38.2. The van der Waals surface area contributed by atoms with Crippen LogP contribution < -0.4 is 14.8 Å². The van der Waals surface area contributed by atoms with Crippen molar-refractivity contribution in [2.75, 3.05) is 26.1 Å². The van der Waals surface area contributed by atoms with Gasteiger partial charge in [-0.2, -0.15) is 0 Å². The van der Waals surface area contributed by atoms with Crippen molar-refractivity contribution in [2.45, 2.75) is 0 Å². The second kappa shape index (κ2) is 10.5. The molecule has 1 heterocycles. The zero-order chi connectivity index (χ0) is 23.3. The Morgan fingerprint density at radius 3 is 2.31 bits per heavy atom. The van der Waals surface area contributed by atoms with E-state index in [4.69, 9.17) is 37.4 Å². The lowest BCUT2D eigenvalue weighted by molar-refractivity contribution is 0.0475. The number of amides is 1. The van der Waals surface area contributed by atoms with Crippen molar-refractivity contribution in [3.8, 4) is 11.5 Å². The van der Waals surface area contributed by atoms with Gasteiger partial charge in [-0.1, -0.05) is 29.3 Å². The van der Waals surface area contributed by atoms with Crippen molar-refractivity contribution in [2.24, 2.45) is 0 Å². The summed E-state index contributed by atoms with van der Waals surface area (Å²) in [6, 6.07) is 10.6. The number of hydrogen-bond acceptors (Lipinski definition) is 7. The van der Waals surface area contributed by atoms with Crippen LogP contribution >= 0.6 is 34.5 Å². The lowest BCUT2D eigenvalue weighted by atomic mass is 10.1. The molecule has 166 valence electrons. The van der Waals surface area contributed by atoms with E-state index in [1.807, 2.05) is 0 Å². The first kappa shape index (κ1) is 23.6. The van der Waals surface area contributed by atoms with Crippen molar-refractivity contribution in [3.63, 3.8) is 0 Å². The summed E-state index contributed by atoms with van der Waals surface area (Å²) in [7, 11) is 2.83. The van der Waals surface area contributed by atoms with E-state index < -0.39 is 24.3 Å². The maximum Gasteiger partial charge on any atom is 0.340 e. The average Bonchev–Trinajstić information content (AvgIpc) is 3.32. The summed E-state index contributed by atoms with van der Waals surface area (Å²) in [5.41, 5.74) is 0.299. The minimum atomic E-state index is -0.842. The van der Waals surface area contributed by atoms with E-state index in [9.17, 15) is 14.4 Å². The van der Waals surface area contributed by atoms with Gasteiger partial charge in [0.2, 0.25) is 5.78 Å². The third kappa shape index (κ3) is 5.40. The number of ketones is 1. The first-order valence-corrected chi connectivity index (χ1v) is 10.7. The lowest BCUT2D eigenvalue weighted by Crippen LogP contribution is -2.18. The van der Waals surface area contributed by atoms with E-state index in [0.29, 0.717) is 15.6 Å². The smallest absolute Gasteiger partial charge is 0.340 e. The Kier molecular flexibility index (Phi) is 7.74. The summed E-state index contributed by atoms with van der Waals surface area (Å²) >= 11 is 13.1. The Labute approximate surface area is 197 Å². The number of carbonyl (C=O) groups excluding carboxylic acids is 3. The molecule has 0 unspecified atom stereocenters. The molecule has 1 N–H and O–H groups in total. The predicted molar refractivity (Wildman–Crippen MR) is 123 cm³/mol. The lowest BCUT2D eigenvalue weighted by Gasteiger charge is -2.15. The molecule has 0 saturated carbocycles. The van der Waals surface area contributed by atoms with E-state index in [1.165, 1.54) is 55.9 Å². The topological polar surface area (TPSA) is 90.9 Å². The van der Waals surface area contributed by atoms with Gasteiger partial charge in [-0.15, -0.1) is 11.3 Å². The summed E-state index contributed by atoms with van der Waals surface area (Å²) in [6.07, 6.45) is 0. The van der Waals surface area contributed by atoms with Crippen LogP contribution in [0.1, 0.15) is 30.4 Å².